The smallest absolute Gasteiger partial charge is 0.0610 e. The molecule has 1 aliphatic rings. The van der Waals surface area contributed by atoms with Crippen LogP contribution >= 0.6 is 0 Å². The third kappa shape index (κ3) is 6.17. The van der Waals surface area contributed by atoms with Crippen molar-refractivity contribution in [2.45, 2.75) is 64.3 Å². The van der Waals surface area contributed by atoms with Crippen LogP contribution in [-0.4, -0.2) is 48.3 Å². The number of likely N-dealkylation sites (tertiary alicyclic amines) is 1. The first-order valence-electron chi connectivity index (χ1n) is 7.78. The van der Waals surface area contributed by atoms with Crippen LogP contribution in [0.1, 0.15) is 58.8 Å². The van der Waals surface area contributed by atoms with Crippen LogP contribution in [-0.2, 0) is 0 Å². The van der Waals surface area contributed by atoms with E-state index in [-0.39, 0.29) is 12.1 Å². The van der Waals surface area contributed by atoms with Crippen LogP contribution in [0.4, 0.5) is 0 Å². The van der Waals surface area contributed by atoms with Gasteiger partial charge in [0.25, 0.3) is 0 Å². The molecular weight excluding hydrogens is 224 g/mol. The first-order chi connectivity index (χ1) is 8.70. The molecule has 1 unspecified atom stereocenters. The van der Waals surface area contributed by atoms with Crippen LogP contribution in [0, 0.1) is 0 Å². The number of nitrogens with zero attached hydrogens (tertiary/aromatic N) is 1. The fourth-order valence-corrected chi connectivity index (χ4v) is 2.88. The van der Waals surface area contributed by atoms with Crippen molar-refractivity contribution in [3.63, 3.8) is 0 Å². The molecule has 0 aliphatic carbocycles. The molecule has 0 bridgehead atoms. The minimum absolute atomic E-state index is 0.0858. The van der Waals surface area contributed by atoms with E-state index in [2.05, 4.69) is 24.1 Å². The number of nitrogens with one attached hydrogen (secondary N) is 1. The van der Waals surface area contributed by atoms with Gasteiger partial charge in [0, 0.05) is 5.54 Å². The summed E-state index contributed by atoms with van der Waals surface area (Å²) in [6.07, 6.45) is 9.22. The molecule has 0 saturated carbocycles. The van der Waals surface area contributed by atoms with Gasteiger partial charge in [-0.05, 0) is 58.8 Å². The Hall–Kier alpha value is -0.120. The van der Waals surface area contributed by atoms with E-state index in [1.165, 1.54) is 58.2 Å². The van der Waals surface area contributed by atoms with E-state index in [1.807, 2.05) is 0 Å². The number of aliphatic hydroxyl groups excluding tert-OH is 1. The molecule has 3 heteroatoms. The minimum atomic E-state index is -0.0858. The highest BCUT2D eigenvalue weighted by Crippen LogP contribution is 2.14. The molecule has 0 spiro atoms. The van der Waals surface area contributed by atoms with Crippen molar-refractivity contribution in [2.75, 3.05) is 32.8 Å². The highest BCUT2D eigenvalue weighted by molar-refractivity contribution is 4.82. The van der Waals surface area contributed by atoms with Gasteiger partial charge >= 0.3 is 0 Å². The minimum Gasteiger partial charge on any atom is -0.394 e. The summed E-state index contributed by atoms with van der Waals surface area (Å²) < 4.78 is 0. The van der Waals surface area contributed by atoms with Gasteiger partial charge in [-0.3, -0.25) is 0 Å². The molecule has 1 rings (SSSR count). The van der Waals surface area contributed by atoms with Crippen LogP contribution in [0.3, 0.4) is 0 Å². The number of hydrogen-bond donors (Lipinski definition) is 2. The van der Waals surface area contributed by atoms with Crippen LogP contribution in [0.5, 0.6) is 0 Å². The van der Waals surface area contributed by atoms with E-state index in [1.54, 1.807) is 0 Å². The quantitative estimate of drug-likeness (QED) is 0.734. The summed E-state index contributed by atoms with van der Waals surface area (Å²) in [4.78, 5) is 2.61. The lowest BCUT2D eigenvalue weighted by molar-refractivity contribution is 0.156. The third-order valence-electron chi connectivity index (χ3n) is 4.10. The predicted molar refractivity (Wildman–Crippen MR) is 77.9 cm³/mol. The fourth-order valence-electron chi connectivity index (χ4n) is 2.88. The Bertz CT molecular complexity index is 203. The Morgan fingerprint density at radius 3 is 2.28 bits per heavy atom. The highest BCUT2D eigenvalue weighted by Gasteiger charge is 2.21. The van der Waals surface area contributed by atoms with Gasteiger partial charge in [0.1, 0.15) is 0 Å². The summed E-state index contributed by atoms with van der Waals surface area (Å²) in [6.45, 7) is 9.15. The van der Waals surface area contributed by atoms with Gasteiger partial charge in [-0.1, -0.05) is 26.2 Å². The topological polar surface area (TPSA) is 35.5 Å². The Morgan fingerprint density at radius 1 is 1.11 bits per heavy atom. The number of hydrogen-bond acceptors (Lipinski definition) is 3. The van der Waals surface area contributed by atoms with Gasteiger partial charge in [-0.15, -0.1) is 0 Å². The maximum atomic E-state index is 9.46. The van der Waals surface area contributed by atoms with E-state index >= 15 is 0 Å². The maximum Gasteiger partial charge on any atom is 0.0610 e. The van der Waals surface area contributed by atoms with Crippen LogP contribution in [0.15, 0.2) is 0 Å². The van der Waals surface area contributed by atoms with E-state index in [9.17, 15) is 5.11 Å². The highest BCUT2D eigenvalue weighted by atomic mass is 16.3. The maximum absolute atomic E-state index is 9.46. The number of likely N-dealkylation sites (N-methyl/N-ethyl adjacent to an activating group) is 1. The molecule has 2 N–H and O–H groups in total. The Balaban J connectivity index is 2.21. The lowest BCUT2D eigenvalue weighted by Gasteiger charge is -2.30. The molecule has 3 nitrogen and oxygen atoms in total. The summed E-state index contributed by atoms with van der Waals surface area (Å²) >= 11 is 0. The van der Waals surface area contributed by atoms with E-state index in [0.717, 1.165) is 13.0 Å². The zero-order chi connectivity index (χ0) is 13.3. The summed E-state index contributed by atoms with van der Waals surface area (Å²) in [6, 6.07) is 0. The van der Waals surface area contributed by atoms with E-state index in [0.29, 0.717) is 0 Å². The average molecular weight is 256 g/mol. The van der Waals surface area contributed by atoms with Gasteiger partial charge in [-0.2, -0.15) is 0 Å². The first-order valence-corrected chi connectivity index (χ1v) is 7.78. The van der Waals surface area contributed by atoms with Crippen molar-refractivity contribution >= 4 is 0 Å². The molecule has 0 aromatic rings. The molecule has 1 saturated heterocycles. The van der Waals surface area contributed by atoms with Crippen LogP contribution in [0.25, 0.3) is 0 Å². The third-order valence-corrected chi connectivity index (χ3v) is 4.10. The summed E-state index contributed by atoms with van der Waals surface area (Å²) in [5.41, 5.74) is -0.0858. The summed E-state index contributed by atoms with van der Waals surface area (Å²) in [7, 11) is 0. The molecule has 1 atom stereocenters. The number of aliphatic hydroxyl groups is 1. The second kappa shape index (κ2) is 8.89. The van der Waals surface area contributed by atoms with E-state index in [4.69, 9.17) is 0 Å². The van der Waals surface area contributed by atoms with Crippen LogP contribution in [0.2, 0.25) is 0 Å². The molecule has 1 fully saturated rings. The molecule has 0 radical (unpaired) electrons. The van der Waals surface area contributed by atoms with Gasteiger partial charge in [0.2, 0.25) is 0 Å². The van der Waals surface area contributed by atoms with Crippen molar-refractivity contribution in [1.82, 2.24) is 10.2 Å². The standard InChI is InChI=1S/C15H32N2O/c1-3-16-15(2,14-18)10-9-13-17-11-7-5-4-6-8-12-17/h16,18H,3-14H2,1-2H3. The van der Waals surface area contributed by atoms with Gasteiger partial charge in [-0.25, -0.2) is 0 Å². The second-order valence-corrected chi connectivity index (χ2v) is 5.96. The van der Waals surface area contributed by atoms with Crippen molar-refractivity contribution in [2.24, 2.45) is 0 Å². The van der Waals surface area contributed by atoms with Gasteiger partial charge in [0.15, 0.2) is 0 Å². The van der Waals surface area contributed by atoms with Crippen molar-refractivity contribution < 1.29 is 5.11 Å². The molecule has 0 aromatic carbocycles. The lowest BCUT2D eigenvalue weighted by Crippen LogP contribution is -2.46. The first kappa shape index (κ1) is 15.9. The Labute approximate surface area is 113 Å². The normalized spacial score (nSPS) is 22.2. The van der Waals surface area contributed by atoms with Crippen molar-refractivity contribution in [1.29, 1.82) is 0 Å². The fraction of sp³-hybridized carbons (Fsp3) is 1.00. The largest absolute Gasteiger partial charge is 0.394 e. The molecule has 0 amide bonds. The predicted octanol–water partition coefficient (Wildman–Crippen LogP) is 2.39. The molecular formula is C15H32N2O. The van der Waals surface area contributed by atoms with Crippen LogP contribution < -0.4 is 5.32 Å². The monoisotopic (exact) mass is 256 g/mol. The Kier molecular flexibility index (Phi) is 7.87. The lowest BCUT2D eigenvalue weighted by atomic mass is 9.96. The van der Waals surface area contributed by atoms with Crippen molar-refractivity contribution in [3.05, 3.63) is 0 Å². The zero-order valence-electron chi connectivity index (χ0n) is 12.4. The Morgan fingerprint density at radius 2 is 1.72 bits per heavy atom. The molecule has 0 aromatic heterocycles. The van der Waals surface area contributed by atoms with Gasteiger partial charge in [0.05, 0.1) is 6.61 Å². The molecule has 108 valence electrons. The molecule has 1 aliphatic heterocycles. The summed E-state index contributed by atoms with van der Waals surface area (Å²) in [5.74, 6) is 0. The van der Waals surface area contributed by atoms with Crippen molar-refractivity contribution in [3.8, 4) is 0 Å². The average Bonchev–Trinajstić information content (AvgIpc) is 2.32. The van der Waals surface area contributed by atoms with E-state index < -0.39 is 0 Å². The summed E-state index contributed by atoms with van der Waals surface area (Å²) in [5, 5.41) is 12.9. The molecule has 18 heavy (non-hydrogen) atoms. The van der Waals surface area contributed by atoms with Gasteiger partial charge < -0.3 is 15.3 Å². The molecule has 1 heterocycles. The second-order valence-electron chi connectivity index (χ2n) is 5.96. The zero-order valence-corrected chi connectivity index (χ0v) is 12.4. The SMILES string of the molecule is CCNC(C)(CO)CCCN1CCCCCCC1. The number of rotatable bonds is 7.